The fourth-order valence-corrected chi connectivity index (χ4v) is 2.78. The van der Waals surface area contributed by atoms with E-state index in [4.69, 9.17) is 9.15 Å². The summed E-state index contributed by atoms with van der Waals surface area (Å²) in [6.45, 7) is 3.48. The predicted octanol–water partition coefficient (Wildman–Crippen LogP) is 2.42. The molecule has 21 heavy (non-hydrogen) atoms. The number of nitrogens with one attached hydrogen (secondary N) is 1. The van der Waals surface area contributed by atoms with E-state index in [0.29, 0.717) is 11.3 Å². The minimum Gasteiger partial charge on any atom is -0.497 e. The summed E-state index contributed by atoms with van der Waals surface area (Å²) in [7, 11) is 1.59. The summed E-state index contributed by atoms with van der Waals surface area (Å²) in [5.41, 5.74) is 0.589. The van der Waals surface area contributed by atoms with Gasteiger partial charge in [0, 0.05) is 31.7 Å². The quantitative estimate of drug-likeness (QED) is 0.938. The summed E-state index contributed by atoms with van der Waals surface area (Å²) in [4.78, 5) is 2.23. The average Bonchev–Trinajstić information content (AvgIpc) is 3.04. The van der Waals surface area contributed by atoms with Gasteiger partial charge in [-0.3, -0.25) is 4.90 Å². The van der Waals surface area contributed by atoms with Crippen LogP contribution in [0.1, 0.15) is 17.4 Å². The van der Waals surface area contributed by atoms with Gasteiger partial charge < -0.3 is 14.5 Å². The molecule has 0 saturated carbocycles. The highest BCUT2D eigenvalue weighted by Gasteiger charge is 2.28. The molecule has 1 N–H and O–H groups in total. The number of methoxy groups -OCH3 is 1. The second kappa shape index (κ2) is 6.28. The summed E-state index contributed by atoms with van der Waals surface area (Å²) in [6, 6.07) is 8.35. The second-order valence-corrected chi connectivity index (χ2v) is 5.09. The van der Waals surface area contributed by atoms with Crippen LogP contribution in [0, 0.1) is 5.82 Å². The van der Waals surface area contributed by atoms with Crippen molar-refractivity contribution in [2.75, 3.05) is 33.3 Å². The van der Waals surface area contributed by atoms with Crippen molar-refractivity contribution in [1.29, 1.82) is 0 Å². The predicted molar refractivity (Wildman–Crippen MR) is 77.9 cm³/mol. The van der Waals surface area contributed by atoms with Gasteiger partial charge in [-0.1, -0.05) is 0 Å². The van der Waals surface area contributed by atoms with Crippen molar-refractivity contribution in [2.24, 2.45) is 0 Å². The SMILES string of the molecule is COc1ccc(F)c([C@H](c2ccco2)N2CCNCC2)c1. The van der Waals surface area contributed by atoms with Gasteiger partial charge in [0.05, 0.1) is 19.4 Å². The smallest absolute Gasteiger partial charge is 0.128 e. The molecule has 4 nitrogen and oxygen atoms in total. The van der Waals surface area contributed by atoms with Crippen LogP contribution in [-0.4, -0.2) is 38.2 Å². The van der Waals surface area contributed by atoms with E-state index in [0.717, 1.165) is 31.9 Å². The van der Waals surface area contributed by atoms with E-state index < -0.39 is 0 Å². The Morgan fingerprint density at radius 2 is 2.10 bits per heavy atom. The lowest BCUT2D eigenvalue weighted by molar-refractivity contribution is 0.177. The van der Waals surface area contributed by atoms with E-state index in [1.807, 2.05) is 12.1 Å². The summed E-state index contributed by atoms with van der Waals surface area (Å²) < 4.78 is 25.2. The van der Waals surface area contributed by atoms with Gasteiger partial charge in [-0.25, -0.2) is 4.39 Å². The maximum absolute atomic E-state index is 14.4. The number of piperazine rings is 1. The summed E-state index contributed by atoms with van der Waals surface area (Å²) >= 11 is 0. The van der Waals surface area contributed by atoms with Crippen LogP contribution in [0.4, 0.5) is 4.39 Å². The molecular formula is C16H19FN2O2. The summed E-state index contributed by atoms with van der Waals surface area (Å²) in [6.07, 6.45) is 1.63. The van der Waals surface area contributed by atoms with Crippen molar-refractivity contribution in [3.8, 4) is 5.75 Å². The number of benzene rings is 1. The Hall–Kier alpha value is -1.85. The number of nitrogens with zero attached hydrogens (tertiary/aromatic N) is 1. The van der Waals surface area contributed by atoms with Crippen molar-refractivity contribution in [1.82, 2.24) is 10.2 Å². The van der Waals surface area contributed by atoms with Gasteiger partial charge in [-0.2, -0.15) is 0 Å². The zero-order valence-electron chi connectivity index (χ0n) is 12.0. The van der Waals surface area contributed by atoms with Crippen LogP contribution in [0.2, 0.25) is 0 Å². The van der Waals surface area contributed by atoms with Crippen LogP contribution in [0.3, 0.4) is 0 Å². The molecule has 2 aromatic rings. The number of hydrogen-bond donors (Lipinski definition) is 1. The van der Waals surface area contributed by atoms with Gasteiger partial charge in [0.15, 0.2) is 0 Å². The highest BCUT2D eigenvalue weighted by atomic mass is 19.1. The number of halogens is 1. The monoisotopic (exact) mass is 290 g/mol. The fraction of sp³-hybridized carbons (Fsp3) is 0.375. The molecule has 2 heterocycles. The van der Waals surface area contributed by atoms with Gasteiger partial charge in [0.2, 0.25) is 0 Å². The number of rotatable bonds is 4. The lowest BCUT2D eigenvalue weighted by atomic mass is 10.0. The Morgan fingerprint density at radius 3 is 2.76 bits per heavy atom. The first-order chi connectivity index (χ1) is 10.3. The Morgan fingerprint density at radius 1 is 1.29 bits per heavy atom. The van der Waals surface area contributed by atoms with Gasteiger partial charge >= 0.3 is 0 Å². The third-order valence-electron chi connectivity index (χ3n) is 3.83. The van der Waals surface area contributed by atoms with E-state index in [1.165, 1.54) is 6.07 Å². The molecule has 0 radical (unpaired) electrons. The standard InChI is InChI=1S/C16H19FN2O2/c1-20-12-4-5-14(17)13(11-12)16(15-3-2-10-21-15)19-8-6-18-7-9-19/h2-5,10-11,16,18H,6-9H2,1H3/t16-/m1/s1. The zero-order chi connectivity index (χ0) is 14.7. The molecule has 1 aliphatic heterocycles. The van der Waals surface area contributed by atoms with Crippen LogP contribution < -0.4 is 10.1 Å². The van der Waals surface area contributed by atoms with Crippen LogP contribution in [0.25, 0.3) is 0 Å². The maximum atomic E-state index is 14.4. The molecule has 1 aromatic heterocycles. The molecule has 1 aliphatic rings. The Kier molecular flexibility index (Phi) is 4.22. The molecular weight excluding hydrogens is 271 g/mol. The zero-order valence-corrected chi connectivity index (χ0v) is 12.0. The lowest BCUT2D eigenvalue weighted by Gasteiger charge is -2.34. The molecule has 0 spiro atoms. The molecule has 112 valence electrons. The first-order valence-corrected chi connectivity index (χ1v) is 7.11. The molecule has 0 aliphatic carbocycles. The van der Waals surface area contributed by atoms with Crippen molar-refractivity contribution in [3.05, 3.63) is 53.7 Å². The number of hydrogen-bond acceptors (Lipinski definition) is 4. The van der Waals surface area contributed by atoms with Crippen LogP contribution >= 0.6 is 0 Å². The van der Waals surface area contributed by atoms with Gasteiger partial charge in [-0.05, 0) is 30.3 Å². The van der Waals surface area contributed by atoms with Gasteiger partial charge in [-0.15, -0.1) is 0 Å². The molecule has 1 aromatic carbocycles. The second-order valence-electron chi connectivity index (χ2n) is 5.09. The summed E-state index contributed by atoms with van der Waals surface area (Å²) in [5, 5.41) is 3.31. The first-order valence-electron chi connectivity index (χ1n) is 7.11. The average molecular weight is 290 g/mol. The number of ether oxygens (including phenoxy) is 1. The van der Waals surface area contributed by atoms with E-state index in [2.05, 4.69) is 10.2 Å². The van der Waals surface area contributed by atoms with Crippen molar-refractivity contribution < 1.29 is 13.5 Å². The molecule has 0 bridgehead atoms. The minimum absolute atomic E-state index is 0.225. The summed E-state index contributed by atoms with van der Waals surface area (Å²) in [5.74, 6) is 1.16. The van der Waals surface area contributed by atoms with Crippen molar-refractivity contribution in [3.63, 3.8) is 0 Å². The number of furan rings is 1. The molecule has 0 amide bonds. The van der Waals surface area contributed by atoms with E-state index in [9.17, 15) is 4.39 Å². The largest absolute Gasteiger partial charge is 0.497 e. The molecule has 5 heteroatoms. The van der Waals surface area contributed by atoms with Gasteiger partial charge in [0.1, 0.15) is 17.3 Å². The highest BCUT2D eigenvalue weighted by molar-refractivity contribution is 5.35. The molecule has 3 rings (SSSR count). The molecule has 0 unspecified atom stereocenters. The Balaban J connectivity index is 2.02. The van der Waals surface area contributed by atoms with Gasteiger partial charge in [0.25, 0.3) is 0 Å². The first kappa shape index (κ1) is 14.1. The van der Waals surface area contributed by atoms with Crippen LogP contribution in [-0.2, 0) is 0 Å². The Bertz CT molecular complexity index is 580. The highest BCUT2D eigenvalue weighted by Crippen LogP contribution is 2.33. The Labute approximate surface area is 123 Å². The van der Waals surface area contributed by atoms with Crippen molar-refractivity contribution in [2.45, 2.75) is 6.04 Å². The van der Waals surface area contributed by atoms with E-state index in [1.54, 1.807) is 25.5 Å². The van der Waals surface area contributed by atoms with Crippen LogP contribution in [0.5, 0.6) is 5.75 Å². The van der Waals surface area contributed by atoms with E-state index >= 15 is 0 Å². The third-order valence-corrected chi connectivity index (χ3v) is 3.83. The molecule has 1 fully saturated rings. The van der Waals surface area contributed by atoms with E-state index in [-0.39, 0.29) is 11.9 Å². The lowest BCUT2D eigenvalue weighted by Crippen LogP contribution is -2.45. The third kappa shape index (κ3) is 2.94. The topological polar surface area (TPSA) is 37.6 Å². The fourth-order valence-electron chi connectivity index (χ4n) is 2.78. The minimum atomic E-state index is -0.240. The van der Waals surface area contributed by atoms with Crippen LogP contribution in [0.15, 0.2) is 41.0 Å². The maximum Gasteiger partial charge on any atom is 0.128 e. The molecule has 1 atom stereocenters. The van der Waals surface area contributed by atoms with Crippen molar-refractivity contribution >= 4 is 0 Å². The molecule has 1 saturated heterocycles. The normalized spacial score (nSPS) is 17.6.